The molecule has 0 heterocycles. The Morgan fingerprint density at radius 1 is 1.43 bits per heavy atom. The van der Waals surface area contributed by atoms with Gasteiger partial charge in [0.25, 0.3) is 5.91 Å². The van der Waals surface area contributed by atoms with Crippen molar-refractivity contribution in [2.45, 2.75) is 38.5 Å². The van der Waals surface area contributed by atoms with Crippen LogP contribution in [0.25, 0.3) is 0 Å². The Hall–Kier alpha value is -1.59. The first-order valence-electron chi connectivity index (χ1n) is 7.34. The van der Waals surface area contributed by atoms with Crippen LogP contribution in [0.15, 0.2) is 18.2 Å². The number of nitrogens with one attached hydrogen (secondary N) is 2. The molecule has 0 aromatic heterocycles. The van der Waals surface area contributed by atoms with Crippen LogP contribution in [0.3, 0.4) is 0 Å². The Bertz CT molecular complexity index is 504. The van der Waals surface area contributed by atoms with Crippen molar-refractivity contribution in [1.82, 2.24) is 5.32 Å². The number of rotatable bonds is 6. The first-order valence-corrected chi connectivity index (χ1v) is 7.34. The van der Waals surface area contributed by atoms with Crippen molar-refractivity contribution < 1.29 is 14.3 Å². The molecule has 0 aliphatic heterocycles. The lowest BCUT2D eigenvalue weighted by molar-refractivity contribution is -0.118. The van der Waals surface area contributed by atoms with Gasteiger partial charge >= 0.3 is 0 Å². The number of hydrogen-bond donors (Lipinski definition) is 2. The van der Waals surface area contributed by atoms with Crippen molar-refractivity contribution in [2.24, 2.45) is 0 Å². The molecular weight excluding hydrogens is 268 g/mol. The van der Waals surface area contributed by atoms with Crippen LogP contribution in [0, 0.1) is 6.92 Å². The van der Waals surface area contributed by atoms with Crippen LogP contribution >= 0.6 is 0 Å². The van der Waals surface area contributed by atoms with Gasteiger partial charge in [0.1, 0.15) is 6.10 Å². The minimum atomic E-state index is -0.0813. The second-order valence-corrected chi connectivity index (χ2v) is 5.29. The maximum Gasteiger partial charge on any atom is 0.251 e. The normalized spacial score (nSPS) is 24.3. The Morgan fingerprint density at radius 2 is 2.19 bits per heavy atom. The summed E-state index contributed by atoms with van der Waals surface area (Å²) in [5, 5.41) is 6.11. The number of hydrogen-bond acceptors (Lipinski definition) is 4. The molecule has 1 amide bonds. The van der Waals surface area contributed by atoms with E-state index in [1.54, 1.807) is 14.2 Å². The van der Waals surface area contributed by atoms with Crippen molar-refractivity contribution >= 4 is 11.6 Å². The van der Waals surface area contributed by atoms with Gasteiger partial charge in [0, 0.05) is 32.0 Å². The van der Waals surface area contributed by atoms with Gasteiger partial charge < -0.3 is 20.1 Å². The van der Waals surface area contributed by atoms with Gasteiger partial charge in [-0.15, -0.1) is 0 Å². The van der Waals surface area contributed by atoms with E-state index < -0.39 is 0 Å². The Balaban J connectivity index is 2.07. The number of anilines is 1. The summed E-state index contributed by atoms with van der Waals surface area (Å²) in [4.78, 5) is 11.7. The first kappa shape index (κ1) is 15.8. The lowest BCUT2D eigenvalue weighted by Gasteiger charge is -2.44. The molecule has 0 saturated heterocycles. The number of amides is 1. The standard InChI is InChI=1S/C16H24N2O3/c1-5-21-14-9-13(15(14)20-4)18-12-8-11(16(19)17-3)7-6-10(12)2/h6-8,13-15,18H,5,9H2,1-4H3,(H,17,19). The van der Waals surface area contributed by atoms with Crippen molar-refractivity contribution in [3.8, 4) is 0 Å². The molecule has 1 aliphatic rings. The second kappa shape index (κ2) is 6.91. The van der Waals surface area contributed by atoms with E-state index in [4.69, 9.17) is 9.47 Å². The quantitative estimate of drug-likeness (QED) is 0.841. The zero-order valence-corrected chi connectivity index (χ0v) is 13.1. The lowest BCUT2D eigenvalue weighted by Crippen LogP contribution is -2.56. The molecule has 2 rings (SSSR count). The molecule has 0 radical (unpaired) electrons. The van der Waals surface area contributed by atoms with Gasteiger partial charge in [-0.3, -0.25) is 4.79 Å². The maximum atomic E-state index is 11.7. The summed E-state index contributed by atoms with van der Waals surface area (Å²) in [5.74, 6) is -0.0813. The summed E-state index contributed by atoms with van der Waals surface area (Å²) in [6.07, 6.45) is 1.11. The van der Waals surface area contributed by atoms with Crippen molar-refractivity contribution in [1.29, 1.82) is 0 Å². The van der Waals surface area contributed by atoms with E-state index in [2.05, 4.69) is 10.6 Å². The molecule has 1 saturated carbocycles. The van der Waals surface area contributed by atoms with Gasteiger partial charge in [-0.25, -0.2) is 0 Å². The summed E-state index contributed by atoms with van der Waals surface area (Å²) in [5.41, 5.74) is 2.73. The number of carbonyl (C=O) groups is 1. The van der Waals surface area contributed by atoms with E-state index in [9.17, 15) is 4.79 Å². The van der Waals surface area contributed by atoms with Gasteiger partial charge in [0.05, 0.1) is 12.1 Å². The minimum absolute atomic E-state index is 0.0491. The van der Waals surface area contributed by atoms with Crippen LogP contribution in [-0.4, -0.2) is 44.9 Å². The van der Waals surface area contributed by atoms with E-state index in [1.165, 1.54) is 0 Å². The number of carbonyl (C=O) groups excluding carboxylic acids is 1. The Morgan fingerprint density at radius 3 is 2.81 bits per heavy atom. The monoisotopic (exact) mass is 292 g/mol. The Labute approximate surface area is 126 Å². The summed E-state index contributed by atoms with van der Waals surface area (Å²) in [6.45, 7) is 4.71. The minimum Gasteiger partial charge on any atom is -0.379 e. The van der Waals surface area contributed by atoms with Crippen LogP contribution in [0.2, 0.25) is 0 Å². The molecule has 3 unspecified atom stereocenters. The lowest BCUT2D eigenvalue weighted by atomic mass is 9.84. The molecular formula is C16H24N2O3. The molecule has 5 nitrogen and oxygen atoms in total. The van der Waals surface area contributed by atoms with Gasteiger partial charge in [0.15, 0.2) is 0 Å². The fourth-order valence-corrected chi connectivity index (χ4v) is 2.68. The maximum absolute atomic E-state index is 11.7. The highest BCUT2D eigenvalue weighted by Gasteiger charge is 2.42. The smallest absolute Gasteiger partial charge is 0.251 e. The third kappa shape index (κ3) is 3.36. The molecule has 0 spiro atoms. The third-order valence-electron chi connectivity index (χ3n) is 3.97. The SMILES string of the molecule is CCOC1CC(Nc2cc(C(=O)NC)ccc2C)C1OC. The average Bonchev–Trinajstić information content (AvgIpc) is 2.47. The number of aryl methyl sites for hydroxylation is 1. The van der Waals surface area contributed by atoms with Crippen LogP contribution in [0.1, 0.15) is 29.3 Å². The van der Waals surface area contributed by atoms with E-state index in [0.29, 0.717) is 12.2 Å². The van der Waals surface area contributed by atoms with Gasteiger partial charge in [-0.05, 0) is 38.0 Å². The van der Waals surface area contributed by atoms with E-state index >= 15 is 0 Å². The van der Waals surface area contributed by atoms with Gasteiger partial charge in [0.2, 0.25) is 0 Å². The molecule has 5 heteroatoms. The van der Waals surface area contributed by atoms with E-state index in [0.717, 1.165) is 17.7 Å². The molecule has 1 aliphatic carbocycles. The third-order valence-corrected chi connectivity index (χ3v) is 3.97. The highest BCUT2D eigenvalue weighted by atomic mass is 16.5. The summed E-state index contributed by atoms with van der Waals surface area (Å²) < 4.78 is 11.1. The van der Waals surface area contributed by atoms with E-state index in [1.807, 2.05) is 32.0 Å². The van der Waals surface area contributed by atoms with Crippen LogP contribution in [-0.2, 0) is 9.47 Å². The average molecular weight is 292 g/mol. The largest absolute Gasteiger partial charge is 0.379 e. The zero-order valence-electron chi connectivity index (χ0n) is 13.1. The van der Waals surface area contributed by atoms with Crippen molar-refractivity contribution in [3.63, 3.8) is 0 Å². The zero-order chi connectivity index (χ0) is 15.4. The first-order chi connectivity index (χ1) is 10.1. The summed E-state index contributed by atoms with van der Waals surface area (Å²) >= 11 is 0. The fourth-order valence-electron chi connectivity index (χ4n) is 2.68. The van der Waals surface area contributed by atoms with E-state index in [-0.39, 0.29) is 24.2 Å². The molecule has 21 heavy (non-hydrogen) atoms. The molecule has 1 aromatic rings. The second-order valence-electron chi connectivity index (χ2n) is 5.29. The topological polar surface area (TPSA) is 59.6 Å². The number of benzene rings is 1. The predicted molar refractivity (Wildman–Crippen MR) is 82.8 cm³/mol. The molecule has 0 bridgehead atoms. The van der Waals surface area contributed by atoms with Crippen molar-refractivity contribution in [2.75, 3.05) is 26.1 Å². The molecule has 1 aromatic carbocycles. The Kier molecular flexibility index (Phi) is 5.20. The molecule has 116 valence electrons. The van der Waals surface area contributed by atoms with Crippen molar-refractivity contribution in [3.05, 3.63) is 29.3 Å². The highest BCUT2D eigenvalue weighted by Crippen LogP contribution is 2.31. The van der Waals surface area contributed by atoms with Crippen LogP contribution in [0.4, 0.5) is 5.69 Å². The molecule has 1 fully saturated rings. The van der Waals surface area contributed by atoms with Crippen LogP contribution in [0.5, 0.6) is 0 Å². The highest BCUT2D eigenvalue weighted by molar-refractivity contribution is 5.95. The fraction of sp³-hybridized carbons (Fsp3) is 0.562. The van der Waals surface area contributed by atoms with Crippen LogP contribution < -0.4 is 10.6 Å². The predicted octanol–water partition coefficient (Wildman–Crippen LogP) is 1.96. The van der Waals surface area contributed by atoms with Gasteiger partial charge in [-0.1, -0.05) is 6.07 Å². The van der Waals surface area contributed by atoms with Gasteiger partial charge in [-0.2, -0.15) is 0 Å². The summed E-state index contributed by atoms with van der Waals surface area (Å²) in [6, 6.07) is 5.88. The molecule has 3 atom stereocenters. The number of methoxy groups -OCH3 is 1. The summed E-state index contributed by atoms with van der Waals surface area (Å²) in [7, 11) is 3.34. The molecule has 2 N–H and O–H groups in total. The number of ether oxygens (including phenoxy) is 2.